The van der Waals surface area contributed by atoms with E-state index in [1.54, 1.807) is 0 Å². The summed E-state index contributed by atoms with van der Waals surface area (Å²) >= 11 is 0. The van der Waals surface area contributed by atoms with E-state index in [0.717, 1.165) is 38.5 Å². The summed E-state index contributed by atoms with van der Waals surface area (Å²) in [6, 6.07) is 0. The van der Waals surface area contributed by atoms with Crippen molar-refractivity contribution >= 4 is 19.7 Å². The fourth-order valence-electron chi connectivity index (χ4n) is 6.67. The lowest BCUT2D eigenvalue weighted by atomic mass is 10.0. The molecule has 9 nitrogen and oxygen atoms in total. The lowest BCUT2D eigenvalue weighted by Gasteiger charge is -2.15. The number of aliphatic hydroxyl groups excluding tert-OH is 1. The van der Waals surface area contributed by atoms with Gasteiger partial charge in [0.05, 0.1) is 13.2 Å². The molecule has 0 spiro atoms. The number of hydrogen-bond donors (Lipinski definition) is 3. The summed E-state index contributed by atoms with van der Waals surface area (Å²) in [5.41, 5.74) is 0. The highest BCUT2D eigenvalue weighted by Gasteiger charge is 2.23. The molecule has 0 aromatic heterocycles. The van der Waals surface area contributed by atoms with Crippen molar-refractivity contribution in [3.05, 3.63) is 12.2 Å². The lowest BCUT2D eigenvalue weighted by Crippen LogP contribution is -2.27. The molecule has 10 heteroatoms. The zero-order valence-corrected chi connectivity index (χ0v) is 36.8. The Kier molecular flexibility index (Phi) is 41.4. The van der Waals surface area contributed by atoms with Gasteiger partial charge in [-0.3, -0.25) is 18.6 Å². The fraction of sp³-hybridized carbons (Fsp3) is 0.911. The second kappa shape index (κ2) is 42.4. The van der Waals surface area contributed by atoms with E-state index in [9.17, 15) is 24.2 Å². The van der Waals surface area contributed by atoms with Crippen molar-refractivity contribution in [2.45, 2.75) is 238 Å². The molecule has 0 aliphatic rings. The topological polar surface area (TPSA) is 131 Å². The summed E-state index contributed by atoms with van der Waals surface area (Å²) in [5.74, 6) is -0.510. The van der Waals surface area contributed by atoms with Crippen LogP contribution in [0.5, 0.6) is 0 Å². The Balaban J connectivity index is 3.56. The molecule has 2 unspecified atom stereocenters. The molecule has 0 bridgehead atoms. The van der Waals surface area contributed by atoms with Crippen LogP contribution in [0.15, 0.2) is 12.2 Å². The number of ether oxygens (including phenoxy) is 1. The number of amides is 1. The highest BCUT2D eigenvalue weighted by Crippen LogP contribution is 2.42. The average Bonchev–Trinajstić information content (AvgIpc) is 3.17. The van der Waals surface area contributed by atoms with E-state index in [0.29, 0.717) is 6.42 Å². The third-order valence-electron chi connectivity index (χ3n) is 10.2. The highest BCUT2D eigenvalue weighted by atomic mass is 31.2. The van der Waals surface area contributed by atoms with Crippen LogP contribution in [0.2, 0.25) is 0 Å². The molecule has 326 valence electrons. The number of allylic oxidation sites excluding steroid dienone is 2. The molecule has 0 aliphatic carbocycles. The van der Waals surface area contributed by atoms with Crippen LogP contribution in [0.1, 0.15) is 232 Å². The van der Waals surface area contributed by atoms with Gasteiger partial charge in [0.15, 0.2) is 0 Å². The first kappa shape index (κ1) is 53.8. The van der Waals surface area contributed by atoms with Crippen LogP contribution in [0.4, 0.5) is 0 Å². The number of carbonyl (C=O) groups excluding carboxylic acids is 2. The first-order chi connectivity index (χ1) is 26.8. The van der Waals surface area contributed by atoms with Gasteiger partial charge in [-0.05, 0) is 38.5 Å². The van der Waals surface area contributed by atoms with Crippen molar-refractivity contribution in [2.24, 2.45) is 0 Å². The maximum Gasteiger partial charge on any atom is 0.472 e. The monoisotopic (exact) mass is 802 g/mol. The molecule has 1 amide bonds. The molecule has 3 N–H and O–H groups in total. The normalized spacial score (nSPS) is 13.3. The van der Waals surface area contributed by atoms with Crippen LogP contribution < -0.4 is 5.32 Å². The third kappa shape index (κ3) is 43.7. The minimum atomic E-state index is -4.41. The number of unbranched alkanes of at least 4 members (excludes halogenated alkanes) is 29. The van der Waals surface area contributed by atoms with Crippen molar-refractivity contribution in [1.82, 2.24) is 5.32 Å². The van der Waals surface area contributed by atoms with Gasteiger partial charge in [-0.1, -0.05) is 193 Å². The summed E-state index contributed by atoms with van der Waals surface area (Å²) in [4.78, 5) is 33.9. The van der Waals surface area contributed by atoms with Crippen LogP contribution in [-0.2, 0) is 27.9 Å². The molecule has 0 rings (SSSR count). The van der Waals surface area contributed by atoms with Gasteiger partial charge in [-0.15, -0.1) is 0 Å². The van der Waals surface area contributed by atoms with Gasteiger partial charge in [0, 0.05) is 19.4 Å². The number of hydrogen-bond acceptors (Lipinski definition) is 7. The van der Waals surface area contributed by atoms with Crippen LogP contribution >= 0.6 is 7.82 Å². The maximum absolute atomic E-state index is 12.1. The zero-order valence-electron chi connectivity index (χ0n) is 35.9. The van der Waals surface area contributed by atoms with Crippen LogP contribution in [0.25, 0.3) is 0 Å². The van der Waals surface area contributed by atoms with Crippen LogP contribution in [0.3, 0.4) is 0 Å². The van der Waals surface area contributed by atoms with Gasteiger partial charge in [-0.2, -0.15) is 0 Å². The number of phosphoric acid groups is 1. The van der Waals surface area contributed by atoms with Crippen molar-refractivity contribution in [3.8, 4) is 0 Å². The minimum absolute atomic E-state index is 0.0862. The summed E-state index contributed by atoms with van der Waals surface area (Å²) < 4.78 is 26.9. The molecule has 0 aromatic rings. The summed E-state index contributed by atoms with van der Waals surface area (Å²) in [7, 11) is -4.41. The molecule has 0 saturated heterocycles. The molecule has 55 heavy (non-hydrogen) atoms. The predicted molar refractivity (Wildman–Crippen MR) is 229 cm³/mol. The summed E-state index contributed by atoms with van der Waals surface area (Å²) in [6.45, 7) is 3.58. The van der Waals surface area contributed by atoms with Gasteiger partial charge in [0.1, 0.15) is 12.7 Å². The zero-order chi connectivity index (χ0) is 40.3. The molecule has 0 heterocycles. The summed E-state index contributed by atoms with van der Waals surface area (Å²) in [6.07, 6.45) is 44.2. The first-order valence-corrected chi connectivity index (χ1v) is 24.7. The van der Waals surface area contributed by atoms with Gasteiger partial charge in [-0.25, -0.2) is 4.57 Å². The minimum Gasteiger partial charge on any atom is -0.463 e. The second-order valence-electron chi connectivity index (χ2n) is 15.7. The Hall–Kier alpha value is -1.25. The third-order valence-corrected chi connectivity index (χ3v) is 11.2. The predicted octanol–water partition coefficient (Wildman–Crippen LogP) is 13.0. The maximum atomic E-state index is 12.1. The van der Waals surface area contributed by atoms with E-state index in [2.05, 4.69) is 31.3 Å². The Morgan fingerprint density at radius 3 is 1.36 bits per heavy atom. The molecular weight excluding hydrogens is 713 g/mol. The molecule has 2 atom stereocenters. The molecular formula is C45H88NO8P. The largest absolute Gasteiger partial charge is 0.472 e. The Labute approximate surface area is 338 Å². The quantitative estimate of drug-likeness (QED) is 0.0240. The first-order valence-electron chi connectivity index (χ1n) is 23.2. The van der Waals surface area contributed by atoms with Crippen molar-refractivity contribution < 1.29 is 37.9 Å². The Morgan fingerprint density at radius 1 is 0.545 bits per heavy atom. The number of phosphoric ester groups is 1. The van der Waals surface area contributed by atoms with Crippen molar-refractivity contribution in [3.63, 3.8) is 0 Å². The summed E-state index contributed by atoms with van der Waals surface area (Å²) in [5, 5.41) is 12.7. The molecule has 0 radical (unpaired) electrons. The van der Waals surface area contributed by atoms with Gasteiger partial charge in [0.25, 0.3) is 0 Å². The Bertz CT molecular complexity index is 917. The van der Waals surface area contributed by atoms with E-state index in [1.165, 1.54) is 167 Å². The van der Waals surface area contributed by atoms with E-state index in [1.807, 2.05) is 0 Å². The van der Waals surface area contributed by atoms with Gasteiger partial charge >= 0.3 is 13.8 Å². The highest BCUT2D eigenvalue weighted by molar-refractivity contribution is 7.47. The number of rotatable bonds is 44. The molecule has 0 saturated carbocycles. The number of esters is 1. The average molecular weight is 802 g/mol. The van der Waals surface area contributed by atoms with Gasteiger partial charge in [0.2, 0.25) is 5.91 Å². The SMILES string of the molecule is CCCCCCCC/C=C\CCCCCCCCCC(=O)OCC(O)COP(=O)(O)OCCNC(=O)CCCCCCCCCCCCCCCCCCC. The number of carbonyl (C=O) groups is 2. The number of nitrogens with one attached hydrogen (secondary N) is 1. The standard InChI is InChI=1S/C45H88NO8P/c1-3-5-7-9-11-13-15-17-19-21-23-25-27-29-31-33-35-37-44(48)46-39-40-53-55(50,51)54-42-43(47)41-52-45(49)38-36-34-32-30-28-26-24-22-20-18-16-14-12-10-8-6-4-2/h18,20,43,47H,3-17,19,21-42H2,1-2H3,(H,46,48)(H,50,51)/b20-18-. The lowest BCUT2D eigenvalue weighted by molar-refractivity contribution is -0.147. The molecule has 0 aliphatic heterocycles. The van der Waals surface area contributed by atoms with Crippen LogP contribution in [0, 0.1) is 0 Å². The van der Waals surface area contributed by atoms with Gasteiger partial charge < -0.3 is 20.1 Å². The van der Waals surface area contributed by atoms with E-state index in [-0.39, 0.29) is 32.1 Å². The molecule has 0 aromatic carbocycles. The smallest absolute Gasteiger partial charge is 0.463 e. The van der Waals surface area contributed by atoms with Crippen molar-refractivity contribution in [2.75, 3.05) is 26.4 Å². The van der Waals surface area contributed by atoms with E-state index in [4.69, 9.17) is 13.8 Å². The molecule has 0 fully saturated rings. The Morgan fingerprint density at radius 2 is 0.927 bits per heavy atom. The number of aliphatic hydroxyl groups is 1. The fourth-order valence-corrected chi connectivity index (χ4v) is 7.43. The van der Waals surface area contributed by atoms with E-state index < -0.39 is 26.5 Å². The van der Waals surface area contributed by atoms with Crippen LogP contribution in [-0.4, -0.2) is 54.3 Å². The van der Waals surface area contributed by atoms with Crippen molar-refractivity contribution in [1.29, 1.82) is 0 Å². The van der Waals surface area contributed by atoms with E-state index >= 15 is 0 Å². The second-order valence-corrected chi connectivity index (χ2v) is 17.2.